The van der Waals surface area contributed by atoms with Crippen LogP contribution in [-0.4, -0.2) is 50.0 Å². The van der Waals surface area contributed by atoms with E-state index in [0.29, 0.717) is 10.6 Å². The molecule has 1 fully saturated rings. The summed E-state index contributed by atoms with van der Waals surface area (Å²) in [6, 6.07) is 18.8. The van der Waals surface area contributed by atoms with Gasteiger partial charge in [-0.05, 0) is 54.3 Å². The third-order valence-electron chi connectivity index (χ3n) is 7.33. The van der Waals surface area contributed by atoms with Crippen molar-refractivity contribution < 1.29 is 22.4 Å². The molecule has 1 aliphatic carbocycles. The van der Waals surface area contributed by atoms with E-state index in [1.165, 1.54) is 11.0 Å². The van der Waals surface area contributed by atoms with Gasteiger partial charge in [0.05, 0.1) is 17.0 Å². The largest absolute Gasteiger partial charge is 0.352 e. The standard InChI is InChI=1S/C31H34Cl2FN3O4S/c1-42(40,41)37(26-15-16-28(34)27(33)19-26)21-30(38)36(20-23-11-8-12-24(32)17-23)29(18-22-9-4-2-5-10-22)31(39)35-25-13-6-3-7-14-25/h2,4-5,8-12,15-17,19,25,29H,3,6-7,13-14,18,20-21H2,1H3,(H,35,39). The molecule has 7 nitrogen and oxygen atoms in total. The summed E-state index contributed by atoms with van der Waals surface area (Å²) in [5, 5.41) is 3.33. The number of benzene rings is 3. The number of halogens is 3. The predicted molar refractivity (Wildman–Crippen MR) is 165 cm³/mol. The van der Waals surface area contributed by atoms with Crippen molar-refractivity contribution in [1.29, 1.82) is 0 Å². The first-order valence-electron chi connectivity index (χ1n) is 13.8. The lowest BCUT2D eigenvalue weighted by Crippen LogP contribution is -2.55. The topological polar surface area (TPSA) is 86.8 Å². The highest BCUT2D eigenvalue weighted by Gasteiger charge is 2.34. The second kappa shape index (κ2) is 14.4. The molecule has 1 unspecified atom stereocenters. The van der Waals surface area contributed by atoms with Crippen molar-refractivity contribution in [2.75, 3.05) is 17.1 Å². The molecule has 0 spiro atoms. The van der Waals surface area contributed by atoms with Crippen LogP contribution in [0.4, 0.5) is 10.1 Å². The molecule has 1 N–H and O–H groups in total. The van der Waals surface area contributed by atoms with Crippen molar-refractivity contribution in [3.05, 3.63) is 99.8 Å². The molecule has 4 rings (SSSR count). The van der Waals surface area contributed by atoms with E-state index in [4.69, 9.17) is 23.2 Å². The Hall–Kier alpha value is -3.14. The molecule has 3 aromatic carbocycles. The van der Waals surface area contributed by atoms with Crippen LogP contribution in [0.1, 0.15) is 43.2 Å². The maximum atomic E-state index is 14.1. The lowest BCUT2D eigenvalue weighted by molar-refractivity contribution is -0.140. The van der Waals surface area contributed by atoms with Crippen molar-refractivity contribution >= 4 is 50.7 Å². The fourth-order valence-corrected chi connectivity index (χ4v) is 6.41. The minimum Gasteiger partial charge on any atom is -0.352 e. The predicted octanol–water partition coefficient (Wildman–Crippen LogP) is 5.99. The highest BCUT2D eigenvalue weighted by Crippen LogP contribution is 2.26. The molecule has 1 aliphatic rings. The molecule has 0 aromatic heterocycles. The molecule has 0 radical (unpaired) electrons. The molecule has 224 valence electrons. The summed E-state index contributed by atoms with van der Waals surface area (Å²) in [4.78, 5) is 29.5. The average Bonchev–Trinajstić information content (AvgIpc) is 2.95. The number of carbonyl (C=O) groups is 2. The highest BCUT2D eigenvalue weighted by atomic mass is 35.5. The lowest BCUT2D eigenvalue weighted by Gasteiger charge is -2.35. The molecule has 2 amide bonds. The maximum Gasteiger partial charge on any atom is 0.244 e. The van der Waals surface area contributed by atoms with Crippen LogP contribution in [0.2, 0.25) is 10.0 Å². The summed E-state index contributed by atoms with van der Waals surface area (Å²) in [6.07, 6.45) is 6.04. The van der Waals surface area contributed by atoms with Crippen molar-refractivity contribution in [2.24, 2.45) is 0 Å². The summed E-state index contributed by atoms with van der Waals surface area (Å²) >= 11 is 12.2. The summed E-state index contributed by atoms with van der Waals surface area (Å²) in [7, 11) is -4.00. The smallest absolute Gasteiger partial charge is 0.244 e. The Labute approximate surface area is 256 Å². The number of carbonyl (C=O) groups excluding carboxylic acids is 2. The quantitative estimate of drug-likeness (QED) is 0.281. The number of rotatable bonds is 11. The monoisotopic (exact) mass is 633 g/mol. The van der Waals surface area contributed by atoms with Gasteiger partial charge in [-0.2, -0.15) is 0 Å². The molecular weight excluding hydrogens is 600 g/mol. The Morgan fingerprint density at radius 1 is 0.952 bits per heavy atom. The Bertz CT molecular complexity index is 1500. The second-order valence-electron chi connectivity index (χ2n) is 10.6. The van der Waals surface area contributed by atoms with Crippen LogP contribution in [0, 0.1) is 5.82 Å². The molecule has 0 aliphatic heterocycles. The van der Waals surface area contributed by atoms with E-state index in [1.54, 1.807) is 24.3 Å². The van der Waals surface area contributed by atoms with Crippen LogP contribution in [0.15, 0.2) is 72.8 Å². The van der Waals surface area contributed by atoms with Gasteiger partial charge in [-0.25, -0.2) is 12.8 Å². The number of anilines is 1. The molecule has 0 saturated heterocycles. The summed E-state index contributed by atoms with van der Waals surface area (Å²) < 4.78 is 40.5. The van der Waals surface area contributed by atoms with Crippen molar-refractivity contribution in [3.8, 4) is 0 Å². The van der Waals surface area contributed by atoms with Gasteiger partial charge in [0.15, 0.2) is 0 Å². The molecule has 0 bridgehead atoms. The van der Waals surface area contributed by atoms with E-state index in [1.807, 2.05) is 30.3 Å². The first-order chi connectivity index (χ1) is 20.0. The van der Waals surface area contributed by atoms with Gasteiger partial charge in [0, 0.05) is 24.0 Å². The van der Waals surface area contributed by atoms with Crippen LogP contribution in [0.25, 0.3) is 0 Å². The summed E-state index contributed by atoms with van der Waals surface area (Å²) in [5.41, 5.74) is 1.55. The number of hydrogen-bond donors (Lipinski definition) is 1. The van der Waals surface area contributed by atoms with Gasteiger partial charge >= 0.3 is 0 Å². The van der Waals surface area contributed by atoms with Crippen molar-refractivity contribution in [3.63, 3.8) is 0 Å². The van der Waals surface area contributed by atoms with E-state index < -0.39 is 34.3 Å². The van der Waals surface area contributed by atoms with Gasteiger partial charge in [-0.15, -0.1) is 0 Å². The third-order valence-corrected chi connectivity index (χ3v) is 9.00. The third kappa shape index (κ3) is 8.69. The van der Waals surface area contributed by atoms with E-state index in [-0.39, 0.29) is 35.6 Å². The van der Waals surface area contributed by atoms with E-state index >= 15 is 0 Å². The fraction of sp³-hybridized carbons (Fsp3) is 0.355. The van der Waals surface area contributed by atoms with Gasteiger partial charge in [0.2, 0.25) is 21.8 Å². The molecule has 42 heavy (non-hydrogen) atoms. The lowest BCUT2D eigenvalue weighted by atomic mass is 9.94. The highest BCUT2D eigenvalue weighted by molar-refractivity contribution is 7.92. The Morgan fingerprint density at radius 2 is 1.64 bits per heavy atom. The number of nitrogens with zero attached hydrogens (tertiary/aromatic N) is 2. The van der Waals surface area contributed by atoms with Crippen molar-refractivity contribution in [1.82, 2.24) is 10.2 Å². The van der Waals surface area contributed by atoms with E-state index in [2.05, 4.69) is 5.32 Å². The molecule has 1 saturated carbocycles. The van der Waals surface area contributed by atoms with Crippen LogP contribution in [0.3, 0.4) is 0 Å². The zero-order valence-electron chi connectivity index (χ0n) is 23.3. The van der Waals surface area contributed by atoms with Gasteiger partial charge < -0.3 is 10.2 Å². The molecule has 0 heterocycles. The molecule has 1 atom stereocenters. The Morgan fingerprint density at radius 3 is 2.29 bits per heavy atom. The summed E-state index contributed by atoms with van der Waals surface area (Å²) in [6.45, 7) is -0.611. The molecule has 11 heteroatoms. The minimum absolute atomic E-state index is 0.00141. The Balaban J connectivity index is 1.73. The summed E-state index contributed by atoms with van der Waals surface area (Å²) in [5.74, 6) is -1.64. The second-order valence-corrected chi connectivity index (χ2v) is 13.3. The van der Waals surface area contributed by atoms with E-state index in [9.17, 15) is 22.4 Å². The average molecular weight is 635 g/mol. The van der Waals surface area contributed by atoms with Gasteiger partial charge in [-0.1, -0.05) is 84.9 Å². The van der Waals surface area contributed by atoms with Gasteiger partial charge in [0.1, 0.15) is 18.4 Å². The normalized spacial score (nSPS) is 14.7. The Kier molecular flexibility index (Phi) is 10.9. The number of amides is 2. The van der Waals surface area contributed by atoms with Crippen LogP contribution in [-0.2, 0) is 32.6 Å². The van der Waals surface area contributed by atoms with Gasteiger partial charge in [0.25, 0.3) is 0 Å². The fourth-order valence-electron chi connectivity index (χ4n) is 5.18. The molecular formula is C31H34Cl2FN3O4S. The van der Waals surface area contributed by atoms with Gasteiger partial charge in [-0.3, -0.25) is 13.9 Å². The first kappa shape index (κ1) is 31.8. The minimum atomic E-state index is -4.00. The number of sulfonamides is 1. The van der Waals surface area contributed by atoms with Crippen LogP contribution < -0.4 is 9.62 Å². The maximum absolute atomic E-state index is 14.1. The number of hydrogen-bond acceptors (Lipinski definition) is 4. The number of nitrogens with one attached hydrogen (secondary N) is 1. The van der Waals surface area contributed by atoms with Crippen LogP contribution in [0.5, 0.6) is 0 Å². The first-order valence-corrected chi connectivity index (χ1v) is 16.4. The van der Waals surface area contributed by atoms with Crippen molar-refractivity contribution in [2.45, 2.75) is 57.2 Å². The SMILES string of the molecule is CS(=O)(=O)N(CC(=O)N(Cc1cccc(Cl)c1)C(Cc1ccccc1)C(=O)NC1CCCCC1)c1ccc(F)c(Cl)c1. The molecule has 3 aromatic rings. The zero-order chi connectivity index (χ0) is 30.3. The van der Waals surface area contributed by atoms with Crippen LogP contribution >= 0.6 is 23.2 Å². The zero-order valence-corrected chi connectivity index (χ0v) is 25.6. The van der Waals surface area contributed by atoms with E-state index in [0.717, 1.165) is 60.4 Å².